The largest absolute Gasteiger partial charge is 0.434 e. The summed E-state index contributed by atoms with van der Waals surface area (Å²) >= 11 is 0. The van der Waals surface area contributed by atoms with Gasteiger partial charge in [0.2, 0.25) is 0 Å². The Labute approximate surface area is 130 Å². The highest BCUT2D eigenvalue weighted by molar-refractivity contribution is 5.85. The predicted octanol–water partition coefficient (Wildman–Crippen LogP) is 3.11. The Balaban J connectivity index is 0.00000220. The third kappa shape index (κ3) is 4.53. The summed E-state index contributed by atoms with van der Waals surface area (Å²) in [6, 6.07) is 4.05. The molecule has 0 aromatic heterocycles. The first-order valence-electron chi connectivity index (χ1n) is 6.89. The molecule has 2 rings (SSSR count). The number of likely N-dealkylation sites (tertiary alicyclic amines) is 1. The maximum atomic E-state index is 12.4. The Morgan fingerprint density at radius 2 is 1.86 bits per heavy atom. The minimum atomic E-state index is -2.78. The minimum absolute atomic E-state index is 0. The summed E-state index contributed by atoms with van der Waals surface area (Å²) in [4.78, 5) is 2.30. The molecule has 1 fully saturated rings. The fraction of sp³-hybridized carbons (Fsp3) is 0.600. The van der Waals surface area contributed by atoms with Gasteiger partial charge in [0.25, 0.3) is 0 Å². The van der Waals surface area contributed by atoms with Crippen molar-refractivity contribution in [2.45, 2.75) is 40.0 Å². The van der Waals surface area contributed by atoms with Crippen molar-refractivity contribution in [2.24, 2.45) is 11.7 Å². The van der Waals surface area contributed by atoms with Crippen LogP contribution in [0.5, 0.6) is 5.75 Å². The van der Waals surface area contributed by atoms with Crippen molar-refractivity contribution in [3.8, 4) is 5.75 Å². The van der Waals surface area contributed by atoms with Gasteiger partial charge in [-0.1, -0.05) is 19.1 Å². The minimum Gasteiger partial charge on any atom is -0.434 e. The quantitative estimate of drug-likeness (QED) is 0.926. The van der Waals surface area contributed by atoms with Crippen LogP contribution < -0.4 is 10.5 Å². The molecule has 0 aliphatic carbocycles. The maximum absolute atomic E-state index is 12.4. The molecule has 1 aromatic carbocycles. The third-order valence-corrected chi connectivity index (χ3v) is 3.88. The summed E-state index contributed by atoms with van der Waals surface area (Å²) in [5.41, 5.74) is 8.62. The number of ether oxygens (including phenoxy) is 1. The number of hydrogen-bond acceptors (Lipinski definition) is 3. The summed E-state index contributed by atoms with van der Waals surface area (Å²) < 4.78 is 29.3. The van der Waals surface area contributed by atoms with E-state index in [2.05, 4.69) is 16.6 Å². The molecule has 3 nitrogen and oxygen atoms in total. The fourth-order valence-electron chi connectivity index (χ4n) is 2.89. The Hall–Kier alpha value is -0.910. The van der Waals surface area contributed by atoms with Crippen molar-refractivity contribution in [1.29, 1.82) is 0 Å². The van der Waals surface area contributed by atoms with E-state index in [9.17, 15) is 8.78 Å². The van der Waals surface area contributed by atoms with Gasteiger partial charge in [0, 0.05) is 25.7 Å². The number of halogens is 3. The standard InChI is InChI=1S/C15H22F2N2O.ClH/c1-9-4-12(5-10(2)14(9)20-15(16)17)7-19-6-11(3)13(18)8-19;/h4-5,11,13,15H,6-8,18H2,1-3H3;1H. The van der Waals surface area contributed by atoms with E-state index in [0.717, 1.165) is 36.3 Å². The molecule has 21 heavy (non-hydrogen) atoms. The zero-order valence-corrected chi connectivity index (χ0v) is 13.4. The Kier molecular flexibility index (Phi) is 6.38. The molecule has 2 unspecified atom stereocenters. The normalized spacial score (nSPS) is 22.4. The molecule has 0 amide bonds. The molecule has 2 N–H and O–H groups in total. The Bertz CT molecular complexity index is 452. The van der Waals surface area contributed by atoms with E-state index < -0.39 is 6.61 Å². The topological polar surface area (TPSA) is 38.5 Å². The Morgan fingerprint density at radius 1 is 1.29 bits per heavy atom. The van der Waals surface area contributed by atoms with E-state index in [1.807, 2.05) is 12.1 Å². The van der Waals surface area contributed by atoms with Crippen molar-refractivity contribution < 1.29 is 13.5 Å². The zero-order chi connectivity index (χ0) is 14.9. The highest BCUT2D eigenvalue weighted by atomic mass is 35.5. The van der Waals surface area contributed by atoms with Crippen LogP contribution in [-0.4, -0.2) is 30.6 Å². The van der Waals surface area contributed by atoms with Crippen LogP contribution in [0.4, 0.5) is 8.78 Å². The van der Waals surface area contributed by atoms with Gasteiger partial charge in [-0.15, -0.1) is 12.4 Å². The van der Waals surface area contributed by atoms with E-state index in [4.69, 9.17) is 5.73 Å². The van der Waals surface area contributed by atoms with E-state index in [0.29, 0.717) is 5.92 Å². The van der Waals surface area contributed by atoms with Gasteiger partial charge in [-0.25, -0.2) is 0 Å². The molecular weight excluding hydrogens is 298 g/mol. The van der Waals surface area contributed by atoms with E-state index >= 15 is 0 Å². The summed E-state index contributed by atoms with van der Waals surface area (Å²) in [5.74, 6) is 0.786. The predicted molar refractivity (Wildman–Crippen MR) is 82.2 cm³/mol. The number of hydrogen-bond donors (Lipinski definition) is 1. The van der Waals surface area contributed by atoms with Crippen LogP contribution in [0.1, 0.15) is 23.6 Å². The smallest absolute Gasteiger partial charge is 0.387 e. The van der Waals surface area contributed by atoms with Crippen LogP contribution in [0.25, 0.3) is 0 Å². The number of alkyl halides is 2. The van der Waals surface area contributed by atoms with Gasteiger partial charge in [0.15, 0.2) is 0 Å². The van der Waals surface area contributed by atoms with Crippen molar-refractivity contribution in [2.75, 3.05) is 13.1 Å². The van der Waals surface area contributed by atoms with Crippen LogP contribution in [0.15, 0.2) is 12.1 Å². The number of aryl methyl sites for hydroxylation is 2. The van der Waals surface area contributed by atoms with Crippen molar-refractivity contribution >= 4 is 12.4 Å². The second kappa shape index (κ2) is 7.38. The molecule has 1 heterocycles. The summed E-state index contributed by atoms with van der Waals surface area (Å²) in [6.07, 6.45) is 0. The SMILES string of the molecule is Cc1cc(CN2CC(C)C(N)C2)cc(C)c1OC(F)F.Cl. The first kappa shape index (κ1) is 18.1. The van der Waals surface area contributed by atoms with Crippen LogP contribution in [0, 0.1) is 19.8 Å². The average Bonchev–Trinajstić information content (AvgIpc) is 2.63. The molecule has 2 atom stereocenters. The van der Waals surface area contributed by atoms with Crippen molar-refractivity contribution in [3.63, 3.8) is 0 Å². The molecule has 6 heteroatoms. The molecule has 1 aliphatic heterocycles. The summed E-state index contributed by atoms with van der Waals surface area (Å²) in [7, 11) is 0. The van der Waals surface area contributed by atoms with Gasteiger partial charge in [-0.2, -0.15) is 8.78 Å². The van der Waals surface area contributed by atoms with Crippen LogP contribution in [0.2, 0.25) is 0 Å². The lowest BCUT2D eigenvalue weighted by Crippen LogP contribution is -2.28. The first-order chi connectivity index (χ1) is 9.36. The first-order valence-corrected chi connectivity index (χ1v) is 6.89. The third-order valence-electron chi connectivity index (χ3n) is 3.88. The van der Waals surface area contributed by atoms with Crippen LogP contribution >= 0.6 is 12.4 Å². The van der Waals surface area contributed by atoms with Crippen LogP contribution in [-0.2, 0) is 6.54 Å². The van der Waals surface area contributed by atoms with E-state index in [1.54, 1.807) is 13.8 Å². The van der Waals surface area contributed by atoms with Crippen LogP contribution in [0.3, 0.4) is 0 Å². The molecule has 120 valence electrons. The monoisotopic (exact) mass is 320 g/mol. The molecule has 0 saturated carbocycles. The molecule has 0 spiro atoms. The zero-order valence-electron chi connectivity index (χ0n) is 12.6. The lowest BCUT2D eigenvalue weighted by atomic mass is 10.1. The van der Waals surface area contributed by atoms with E-state index in [1.165, 1.54) is 0 Å². The number of nitrogens with zero attached hydrogens (tertiary/aromatic N) is 1. The summed E-state index contributed by atoms with van der Waals surface area (Å²) in [6.45, 7) is 5.63. The maximum Gasteiger partial charge on any atom is 0.387 e. The molecule has 1 saturated heterocycles. The van der Waals surface area contributed by atoms with Gasteiger partial charge in [-0.05, 0) is 36.5 Å². The Morgan fingerprint density at radius 3 is 2.29 bits per heavy atom. The number of benzene rings is 1. The number of rotatable bonds is 4. The average molecular weight is 321 g/mol. The second-order valence-electron chi connectivity index (χ2n) is 5.77. The van der Waals surface area contributed by atoms with Crippen molar-refractivity contribution in [3.05, 3.63) is 28.8 Å². The van der Waals surface area contributed by atoms with E-state index in [-0.39, 0.29) is 24.2 Å². The highest BCUT2D eigenvalue weighted by Crippen LogP contribution is 2.27. The molecule has 1 aromatic rings. The molecular formula is C15H23ClF2N2O. The number of nitrogens with two attached hydrogens (primary N) is 1. The molecule has 1 aliphatic rings. The molecule has 0 radical (unpaired) electrons. The van der Waals surface area contributed by atoms with Gasteiger partial charge >= 0.3 is 6.61 Å². The summed E-state index contributed by atoms with van der Waals surface area (Å²) in [5, 5.41) is 0. The molecule has 0 bridgehead atoms. The van der Waals surface area contributed by atoms with Crippen molar-refractivity contribution in [1.82, 2.24) is 4.90 Å². The van der Waals surface area contributed by atoms with Gasteiger partial charge in [0.1, 0.15) is 5.75 Å². The second-order valence-corrected chi connectivity index (χ2v) is 5.77. The lowest BCUT2D eigenvalue weighted by molar-refractivity contribution is -0.0507. The lowest BCUT2D eigenvalue weighted by Gasteiger charge is -2.18. The van der Waals surface area contributed by atoms with Gasteiger partial charge in [-0.3, -0.25) is 4.90 Å². The highest BCUT2D eigenvalue weighted by Gasteiger charge is 2.26. The van der Waals surface area contributed by atoms with Gasteiger partial charge < -0.3 is 10.5 Å². The van der Waals surface area contributed by atoms with Gasteiger partial charge in [0.05, 0.1) is 0 Å². The fourth-order valence-corrected chi connectivity index (χ4v) is 2.89.